The first-order valence-corrected chi connectivity index (χ1v) is 7.75. The SMILES string of the molecule is CCOCn1c(Nc2cc(C)cc(C)c2)c(CC)c(=O)[nH]c1=O. The molecule has 0 fully saturated rings. The highest BCUT2D eigenvalue weighted by Crippen LogP contribution is 2.20. The van der Waals surface area contributed by atoms with Gasteiger partial charge in [-0.15, -0.1) is 0 Å². The number of rotatable bonds is 6. The molecule has 0 amide bonds. The lowest BCUT2D eigenvalue weighted by atomic mass is 10.1. The van der Waals surface area contributed by atoms with Crippen molar-refractivity contribution in [2.45, 2.75) is 40.8 Å². The van der Waals surface area contributed by atoms with Crippen LogP contribution in [0.25, 0.3) is 0 Å². The molecule has 0 unspecified atom stereocenters. The summed E-state index contributed by atoms with van der Waals surface area (Å²) in [5, 5.41) is 3.23. The van der Waals surface area contributed by atoms with Crippen molar-refractivity contribution in [3.05, 3.63) is 55.7 Å². The van der Waals surface area contributed by atoms with Crippen LogP contribution in [-0.2, 0) is 17.9 Å². The molecule has 0 aliphatic rings. The summed E-state index contributed by atoms with van der Waals surface area (Å²) in [5.41, 5.74) is 2.74. The molecular formula is C17H23N3O3. The van der Waals surface area contributed by atoms with Gasteiger partial charge in [-0.3, -0.25) is 14.3 Å². The Morgan fingerprint density at radius 1 is 1.13 bits per heavy atom. The van der Waals surface area contributed by atoms with Crippen molar-refractivity contribution in [2.24, 2.45) is 0 Å². The highest BCUT2D eigenvalue weighted by molar-refractivity contribution is 5.61. The average Bonchev–Trinajstić information content (AvgIpc) is 2.46. The zero-order valence-corrected chi connectivity index (χ0v) is 14.0. The summed E-state index contributed by atoms with van der Waals surface area (Å²) in [7, 11) is 0. The van der Waals surface area contributed by atoms with E-state index in [4.69, 9.17) is 4.74 Å². The summed E-state index contributed by atoms with van der Waals surface area (Å²) in [5.74, 6) is 0.486. The van der Waals surface area contributed by atoms with Crippen LogP contribution in [-0.4, -0.2) is 16.2 Å². The Bertz CT molecular complexity index is 785. The van der Waals surface area contributed by atoms with Crippen LogP contribution in [0.5, 0.6) is 0 Å². The highest BCUT2D eigenvalue weighted by Gasteiger charge is 2.14. The number of nitrogens with zero attached hydrogens (tertiary/aromatic N) is 1. The maximum Gasteiger partial charge on any atom is 0.331 e. The Morgan fingerprint density at radius 2 is 1.78 bits per heavy atom. The maximum absolute atomic E-state index is 12.1. The fourth-order valence-electron chi connectivity index (χ4n) is 2.57. The third kappa shape index (κ3) is 3.90. The number of aromatic amines is 1. The van der Waals surface area contributed by atoms with Crippen molar-refractivity contribution in [2.75, 3.05) is 11.9 Å². The number of aromatic nitrogens is 2. The molecule has 0 radical (unpaired) electrons. The number of aryl methyl sites for hydroxylation is 2. The molecule has 2 aromatic rings. The highest BCUT2D eigenvalue weighted by atomic mass is 16.5. The molecule has 124 valence electrons. The maximum atomic E-state index is 12.1. The van der Waals surface area contributed by atoms with Crippen molar-refractivity contribution in [1.82, 2.24) is 9.55 Å². The first-order valence-electron chi connectivity index (χ1n) is 7.75. The summed E-state index contributed by atoms with van der Waals surface area (Å²) in [6.45, 7) is 8.32. The second-order valence-corrected chi connectivity index (χ2v) is 5.49. The Kier molecular flexibility index (Phi) is 5.39. The summed E-state index contributed by atoms with van der Waals surface area (Å²) in [4.78, 5) is 26.6. The van der Waals surface area contributed by atoms with Gasteiger partial charge in [0.2, 0.25) is 0 Å². The van der Waals surface area contributed by atoms with Gasteiger partial charge in [-0.2, -0.15) is 0 Å². The van der Waals surface area contributed by atoms with Gasteiger partial charge in [-0.25, -0.2) is 4.79 Å². The van der Waals surface area contributed by atoms with E-state index in [-0.39, 0.29) is 12.3 Å². The van der Waals surface area contributed by atoms with Crippen molar-refractivity contribution >= 4 is 11.5 Å². The third-order valence-corrected chi connectivity index (χ3v) is 3.56. The molecular weight excluding hydrogens is 294 g/mol. The van der Waals surface area contributed by atoms with Gasteiger partial charge in [0.15, 0.2) is 0 Å². The Balaban J connectivity index is 2.57. The normalized spacial score (nSPS) is 10.8. The van der Waals surface area contributed by atoms with Gasteiger partial charge in [-0.05, 0) is 50.5 Å². The molecule has 2 rings (SSSR count). The van der Waals surface area contributed by atoms with E-state index >= 15 is 0 Å². The predicted molar refractivity (Wildman–Crippen MR) is 91.5 cm³/mol. The minimum atomic E-state index is -0.479. The molecule has 0 atom stereocenters. The van der Waals surface area contributed by atoms with E-state index in [0.717, 1.165) is 16.8 Å². The first-order chi connectivity index (χ1) is 11.0. The number of hydrogen-bond acceptors (Lipinski definition) is 4. The summed E-state index contributed by atoms with van der Waals surface area (Å²) < 4.78 is 6.78. The van der Waals surface area contributed by atoms with E-state index in [9.17, 15) is 9.59 Å². The van der Waals surface area contributed by atoms with Crippen molar-refractivity contribution in [3.8, 4) is 0 Å². The first kappa shape index (κ1) is 17.0. The van der Waals surface area contributed by atoms with Crippen molar-refractivity contribution in [3.63, 3.8) is 0 Å². The zero-order chi connectivity index (χ0) is 17.0. The second-order valence-electron chi connectivity index (χ2n) is 5.49. The molecule has 2 N–H and O–H groups in total. The van der Waals surface area contributed by atoms with Gasteiger partial charge in [0.05, 0.1) is 5.56 Å². The van der Waals surface area contributed by atoms with Crippen LogP contribution in [0, 0.1) is 13.8 Å². The fraction of sp³-hybridized carbons (Fsp3) is 0.412. The van der Waals surface area contributed by atoms with E-state index in [1.807, 2.05) is 39.8 Å². The molecule has 0 aliphatic carbocycles. The van der Waals surface area contributed by atoms with Gasteiger partial charge in [-0.1, -0.05) is 13.0 Å². The summed E-state index contributed by atoms with van der Waals surface area (Å²) in [6.07, 6.45) is 0.509. The molecule has 1 aromatic heterocycles. The third-order valence-electron chi connectivity index (χ3n) is 3.56. The minimum Gasteiger partial charge on any atom is -0.361 e. The van der Waals surface area contributed by atoms with Gasteiger partial charge in [0, 0.05) is 12.3 Å². The molecule has 0 saturated carbocycles. The number of benzene rings is 1. The van der Waals surface area contributed by atoms with Crippen molar-refractivity contribution < 1.29 is 4.74 Å². The van der Waals surface area contributed by atoms with E-state index in [1.165, 1.54) is 4.57 Å². The molecule has 1 heterocycles. The van der Waals surface area contributed by atoms with E-state index in [2.05, 4.69) is 16.4 Å². The molecule has 0 bridgehead atoms. The quantitative estimate of drug-likeness (QED) is 0.858. The lowest BCUT2D eigenvalue weighted by Crippen LogP contribution is -2.34. The van der Waals surface area contributed by atoms with E-state index < -0.39 is 5.69 Å². The monoisotopic (exact) mass is 317 g/mol. The van der Waals surface area contributed by atoms with Gasteiger partial charge >= 0.3 is 5.69 Å². The van der Waals surface area contributed by atoms with E-state index in [0.29, 0.717) is 24.4 Å². The second kappa shape index (κ2) is 7.28. The molecule has 23 heavy (non-hydrogen) atoms. The number of hydrogen-bond donors (Lipinski definition) is 2. The lowest BCUT2D eigenvalue weighted by molar-refractivity contribution is 0.0857. The predicted octanol–water partition coefficient (Wildman–Crippen LogP) is 2.45. The summed E-state index contributed by atoms with van der Waals surface area (Å²) in [6, 6.07) is 6.02. The molecule has 6 heteroatoms. The Morgan fingerprint density at radius 3 is 2.35 bits per heavy atom. The largest absolute Gasteiger partial charge is 0.361 e. The van der Waals surface area contributed by atoms with Crippen LogP contribution in [0.4, 0.5) is 11.5 Å². The van der Waals surface area contributed by atoms with Crippen LogP contribution in [0.3, 0.4) is 0 Å². The smallest absolute Gasteiger partial charge is 0.331 e. The van der Waals surface area contributed by atoms with Crippen LogP contribution >= 0.6 is 0 Å². The van der Waals surface area contributed by atoms with Crippen LogP contribution in [0.2, 0.25) is 0 Å². The average molecular weight is 317 g/mol. The van der Waals surface area contributed by atoms with Gasteiger partial charge < -0.3 is 10.1 Å². The zero-order valence-electron chi connectivity index (χ0n) is 14.0. The standard InChI is InChI=1S/C17H23N3O3/c1-5-14-15(18-13-8-11(3)7-12(4)9-13)20(10-23-6-2)17(22)19-16(14)21/h7-9,18H,5-6,10H2,1-4H3,(H,19,21,22). The fourth-order valence-corrected chi connectivity index (χ4v) is 2.57. The number of ether oxygens (including phenoxy) is 1. The van der Waals surface area contributed by atoms with Crippen LogP contribution in [0.1, 0.15) is 30.5 Å². The topological polar surface area (TPSA) is 76.1 Å². The lowest BCUT2D eigenvalue weighted by Gasteiger charge is -2.17. The van der Waals surface area contributed by atoms with Crippen molar-refractivity contribution in [1.29, 1.82) is 0 Å². The number of H-pyrrole nitrogens is 1. The molecule has 0 spiro atoms. The Hall–Kier alpha value is -2.34. The van der Waals surface area contributed by atoms with Crippen LogP contribution < -0.4 is 16.6 Å². The van der Waals surface area contributed by atoms with Crippen LogP contribution in [0.15, 0.2) is 27.8 Å². The van der Waals surface area contributed by atoms with Gasteiger partial charge in [0.25, 0.3) is 5.56 Å². The number of anilines is 2. The number of nitrogens with one attached hydrogen (secondary N) is 2. The minimum absolute atomic E-state index is 0.0895. The molecule has 6 nitrogen and oxygen atoms in total. The molecule has 1 aromatic carbocycles. The molecule has 0 aliphatic heterocycles. The Labute approximate surface area is 135 Å². The van der Waals surface area contributed by atoms with E-state index in [1.54, 1.807) is 0 Å². The summed E-state index contributed by atoms with van der Waals surface area (Å²) >= 11 is 0. The van der Waals surface area contributed by atoms with Gasteiger partial charge in [0.1, 0.15) is 12.5 Å². The molecule has 0 saturated heterocycles.